The summed E-state index contributed by atoms with van der Waals surface area (Å²) in [6.45, 7) is 7.53. The molecular formula is C25H29N5OS. The Labute approximate surface area is 194 Å². The smallest absolute Gasteiger partial charge is 0.170 e. The van der Waals surface area contributed by atoms with Crippen LogP contribution in [0.3, 0.4) is 0 Å². The number of nitrogens with zero attached hydrogens (tertiary/aromatic N) is 4. The molecule has 2 aromatic heterocycles. The number of nitrogens with one attached hydrogen (secondary N) is 1. The Morgan fingerprint density at radius 2 is 1.78 bits per heavy atom. The van der Waals surface area contributed by atoms with Gasteiger partial charge in [-0.05, 0) is 55.5 Å². The van der Waals surface area contributed by atoms with Crippen LogP contribution < -0.4 is 5.32 Å². The third kappa shape index (κ3) is 4.16. The van der Waals surface area contributed by atoms with E-state index in [0.717, 1.165) is 55.9 Å². The number of aromatic nitrogens is 2. The van der Waals surface area contributed by atoms with Crippen molar-refractivity contribution in [2.24, 2.45) is 0 Å². The first-order valence-corrected chi connectivity index (χ1v) is 11.6. The summed E-state index contributed by atoms with van der Waals surface area (Å²) < 4.78 is 7.87. The van der Waals surface area contributed by atoms with Gasteiger partial charge in [0.15, 0.2) is 5.11 Å². The molecule has 2 atom stereocenters. The van der Waals surface area contributed by atoms with Gasteiger partial charge in [0, 0.05) is 49.5 Å². The van der Waals surface area contributed by atoms with Crippen LogP contribution in [0.4, 0.5) is 0 Å². The van der Waals surface area contributed by atoms with Gasteiger partial charge in [0.25, 0.3) is 0 Å². The zero-order valence-corrected chi connectivity index (χ0v) is 19.2. The summed E-state index contributed by atoms with van der Waals surface area (Å²) in [7, 11) is 0. The van der Waals surface area contributed by atoms with E-state index in [9.17, 15) is 0 Å². The highest BCUT2D eigenvalue weighted by atomic mass is 32.1. The second-order valence-corrected chi connectivity index (χ2v) is 8.73. The fourth-order valence-corrected chi connectivity index (χ4v) is 5.09. The van der Waals surface area contributed by atoms with Gasteiger partial charge in [-0.25, -0.2) is 0 Å². The average Bonchev–Trinajstić information content (AvgIpc) is 3.38. The average molecular weight is 448 g/mol. The van der Waals surface area contributed by atoms with Gasteiger partial charge >= 0.3 is 0 Å². The Morgan fingerprint density at radius 3 is 2.53 bits per heavy atom. The first kappa shape index (κ1) is 21.1. The third-order valence-electron chi connectivity index (χ3n) is 6.38. The van der Waals surface area contributed by atoms with Crippen LogP contribution >= 0.6 is 12.2 Å². The predicted molar refractivity (Wildman–Crippen MR) is 130 cm³/mol. The largest absolute Gasteiger partial charge is 0.379 e. The van der Waals surface area contributed by atoms with Crippen molar-refractivity contribution in [1.82, 2.24) is 24.7 Å². The summed E-state index contributed by atoms with van der Waals surface area (Å²) >= 11 is 5.86. The van der Waals surface area contributed by atoms with E-state index in [1.165, 1.54) is 11.4 Å². The first-order valence-electron chi connectivity index (χ1n) is 11.2. The number of rotatable bonds is 6. The van der Waals surface area contributed by atoms with Crippen molar-refractivity contribution in [2.75, 3.05) is 39.4 Å². The monoisotopic (exact) mass is 447 g/mol. The molecular weight excluding hydrogens is 418 g/mol. The van der Waals surface area contributed by atoms with E-state index in [4.69, 9.17) is 17.0 Å². The third-order valence-corrected chi connectivity index (χ3v) is 6.73. The van der Waals surface area contributed by atoms with Gasteiger partial charge in [-0.1, -0.05) is 24.3 Å². The molecule has 5 rings (SSSR count). The highest BCUT2D eigenvalue weighted by Gasteiger charge is 2.41. The maximum absolute atomic E-state index is 5.86. The molecule has 0 aliphatic carbocycles. The number of aryl methyl sites for hydroxylation is 1. The van der Waals surface area contributed by atoms with Gasteiger partial charge in [-0.2, -0.15) is 0 Å². The van der Waals surface area contributed by atoms with Crippen molar-refractivity contribution in [3.63, 3.8) is 0 Å². The zero-order valence-electron chi connectivity index (χ0n) is 18.4. The number of thiocarbonyl (C=S) groups is 1. The Bertz CT molecular complexity index is 1050. The van der Waals surface area contributed by atoms with Gasteiger partial charge < -0.3 is 19.5 Å². The number of benzene rings is 1. The SMILES string of the molecule is Cc1ccc([C@@H]2[C@@H](c3ccccn3)NC(=S)N2CCN2CCOCC2)n1-c1ccccc1. The van der Waals surface area contributed by atoms with E-state index in [1.54, 1.807) is 0 Å². The number of hydrogen-bond acceptors (Lipinski definition) is 4. The minimum Gasteiger partial charge on any atom is -0.379 e. The van der Waals surface area contributed by atoms with E-state index in [2.05, 4.69) is 80.1 Å². The van der Waals surface area contributed by atoms with Crippen LogP contribution in [0.15, 0.2) is 66.9 Å². The molecule has 6 nitrogen and oxygen atoms in total. The maximum atomic E-state index is 5.86. The van der Waals surface area contributed by atoms with Crippen LogP contribution in [0.1, 0.15) is 29.2 Å². The van der Waals surface area contributed by atoms with E-state index < -0.39 is 0 Å². The van der Waals surface area contributed by atoms with Gasteiger partial charge in [0.1, 0.15) is 0 Å². The molecule has 7 heteroatoms. The first-order chi connectivity index (χ1) is 15.7. The summed E-state index contributed by atoms with van der Waals surface area (Å²) in [4.78, 5) is 9.48. The summed E-state index contributed by atoms with van der Waals surface area (Å²) in [6, 6.07) is 21.1. The number of para-hydroxylation sites is 1. The fourth-order valence-electron chi connectivity index (χ4n) is 4.76. The van der Waals surface area contributed by atoms with Crippen molar-refractivity contribution in [3.8, 4) is 5.69 Å². The standard InChI is InChI=1S/C25H29N5OS/c1-19-10-11-22(30(19)20-7-3-2-4-8-20)24-23(21-9-5-6-12-26-21)27-25(32)29(24)14-13-28-15-17-31-18-16-28/h2-12,23-24H,13-18H2,1H3,(H,27,32)/t23-,24-/m1/s1. The van der Waals surface area contributed by atoms with Gasteiger partial charge in [0.2, 0.25) is 0 Å². The van der Waals surface area contributed by atoms with E-state index in [1.807, 2.05) is 18.3 Å². The van der Waals surface area contributed by atoms with Crippen molar-refractivity contribution < 1.29 is 4.74 Å². The van der Waals surface area contributed by atoms with Crippen molar-refractivity contribution in [1.29, 1.82) is 0 Å². The maximum Gasteiger partial charge on any atom is 0.170 e. The summed E-state index contributed by atoms with van der Waals surface area (Å²) in [5.41, 5.74) is 4.60. The van der Waals surface area contributed by atoms with Crippen molar-refractivity contribution in [3.05, 3.63) is 83.9 Å². The molecule has 3 aromatic rings. The molecule has 2 saturated heterocycles. The number of hydrogen-bond donors (Lipinski definition) is 1. The van der Waals surface area contributed by atoms with Crippen LogP contribution in [-0.2, 0) is 4.74 Å². The molecule has 0 spiro atoms. The number of pyridine rings is 1. The molecule has 1 N–H and O–H groups in total. The lowest BCUT2D eigenvalue weighted by atomic mass is 10.0. The minimum atomic E-state index is -0.00912. The lowest BCUT2D eigenvalue weighted by Crippen LogP contribution is -2.42. The number of morpholine rings is 1. The molecule has 2 aliphatic heterocycles. The van der Waals surface area contributed by atoms with Crippen LogP contribution in [-0.4, -0.2) is 63.9 Å². The van der Waals surface area contributed by atoms with E-state index in [0.29, 0.717) is 0 Å². The van der Waals surface area contributed by atoms with Gasteiger partial charge in [-0.3, -0.25) is 9.88 Å². The van der Waals surface area contributed by atoms with Crippen molar-refractivity contribution in [2.45, 2.75) is 19.0 Å². The Balaban J connectivity index is 1.52. The molecule has 2 aliphatic rings. The van der Waals surface area contributed by atoms with Crippen molar-refractivity contribution >= 4 is 17.3 Å². The molecule has 166 valence electrons. The summed E-state index contributed by atoms with van der Waals surface area (Å²) in [5.74, 6) is 0. The van der Waals surface area contributed by atoms with E-state index in [-0.39, 0.29) is 12.1 Å². The zero-order chi connectivity index (χ0) is 21.9. The second kappa shape index (κ2) is 9.40. The second-order valence-electron chi connectivity index (χ2n) is 8.34. The lowest BCUT2D eigenvalue weighted by Gasteiger charge is -2.32. The predicted octanol–water partition coefficient (Wildman–Crippen LogP) is 3.49. The summed E-state index contributed by atoms with van der Waals surface area (Å²) in [5, 5.41) is 4.37. The molecule has 32 heavy (non-hydrogen) atoms. The highest BCUT2D eigenvalue weighted by molar-refractivity contribution is 7.80. The Kier molecular flexibility index (Phi) is 6.21. The minimum absolute atomic E-state index is 0.00912. The van der Waals surface area contributed by atoms with E-state index >= 15 is 0 Å². The van der Waals surface area contributed by atoms with Crippen LogP contribution in [0.5, 0.6) is 0 Å². The van der Waals surface area contributed by atoms with Crippen LogP contribution in [0, 0.1) is 6.92 Å². The molecule has 0 radical (unpaired) electrons. The number of ether oxygens (including phenoxy) is 1. The topological polar surface area (TPSA) is 45.6 Å². The Morgan fingerprint density at radius 1 is 1.00 bits per heavy atom. The molecule has 0 bridgehead atoms. The quantitative estimate of drug-likeness (QED) is 0.584. The normalized spacial score (nSPS) is 21.7. The highest BCUT2D eigenvalue weighted by Crippen LogP contribution is 2.40. The van der Waals surface area contributed by atoms with Crippen LogP contribution in [0.2, 0.25) is 0 Å². The molecule has 0 saturated carbocycles. The van der Waals surface area contributed by atoms with Gasteiger partial charge in [-0.15, -0.1) is 0 Å². The summed E-state index contributed by atoms with van der Waals surface area (Å²) in [6.07, 6.45) is 1.86. The molecule has 4 heterocycles. The molecule has 1 aromatic carbocycles. The van der Waals surface area contributed by atoms with Crippen LogP contribution in [0.25, 0.3) is 5.69 Å². The lowest BCUT2D eigenvalue weighted by molar-refractivity contribution is 0.0349. The fraction of sp³-hybridized carbons (Fsp3) is 0.360. The molecule has 0 amide bonds. The van der Waals surface area contributed by atoms with Gasteiger partial charge in [0.05, 0.1) is 31.0 Å². The Hall–Kier alpha value is -2.74. The molecule has 2 fully saturated rings. The molecule has 0 unspecified atom stereocenters.